The summed E-state index contributed by atoms with van der Waals surface area (Å²) in [6, 6.07) is 0. The lowest BCUT2D eigenvalue weighted by Crippen LogP contribution is -2.45. The molecule has 1 atom stereocenters. The van der Waals surface area contributed by atoms with E-state index < -0.39 is 4.87 Å². The fourth-order valence-electron chi connectivity index (χ4n) is 0.802. The Balaban J connectivity index is 2.55. The van der Waals surface area contributed by atoms with Crippen molar-refractivity contribution in [1.82, 2.24) is 5.32 Å². The number of hydrogen-bond acceptors (Lipinski definition) is 4. The van der Waals surface area contributed by atoms with E-state index in [1.807, 2.05) is 0 Å². The molecule has 1 rings (SSSR count). The summed E-state index contributed by atoms with van der Waals surface area (Å²) >= 11 is 1.59. The number of rotatable bonds is 2. The standard InChI is InChI=1S/C5H10N2OS/c6-3-5(4-8)7-1-2-9-5/h4,7H,1-3,6H2. The lowest BCUT2D eigenvalue weighted by atomic mass is 10.3. The lowest BCUT2D eigenvalue weighted by molar-refractivity contribution is -0.110. The summed E-state index contributed by atoms with van der Waals surface area (Å²) in [6.07, 6.45) is 0.894. The van der Waals surface area contributed by atoms with Crippen molar-refractivity contribution in [3.63, 3.8) is 0 Å². The highest BCUT2D eigenvalue weighted by atomic mass is 32.2. The largest absolute Gasteiger partial charge is 0.328 e. The van der Waals surface area contributed by atoms with Crippen LogP contribution in [0, 0.1) is 0 Å². The van der Waals surface area contributed by atoms with Crippen LogP contribution in [0.1, 0.15) is 0 Å². The third-order valence-electron chi connectivity index (χ3n) is 1.38. The summed E-state index contributed by atoms with van der Waals surface area (Å²) in [7, 11) is 0. The van der Waals surface area contributed by atoms with Crippen molar-refractivity contribution in [1.29, 1.82) is 0 Å². The fourth-order valence-corrected chi connectivity index (χ4v) is 1.76. The summed E-state index contributed by atoms with van der Waals surface area (Å²) in [5, 5.41) is 3.04. The molecule has 9 heavy (non-hydrogen) atoms. The van der Waals surface area contributed by atoms with Crippen molar-refractivity contribution < 1.29 is 4.79 Å². The highest BCUT2D eigenvalue weighted by molar-refractivity contribution is 8.01. The van der Waals surface area contributed by atoms with Crippen LogP contribution in [0.3, 0.4) is 0 Å². The number of carbonyl (C=O) groups excluding carboxylic acids is 1. The number of thioether (sulfide) groups is 1. The Labute approximate surface area is 58.4 Å². The van der Waals surface area contributed by atoms with Gasteiger partial charge in [-0.15, -0.1) is 11.8 Å². The lowest BCUT2D eigenvalue weighted by Gasteiger charge is -2.17. The van der Waals surface area contributed by atoms with Gasteiger partial charge in [0, 0.05) is 18.8 Å². The minimum absolute atomic E-state index is 0.390. The summed E-state index contributed by atoms with van der Waals surface area (Å²) in [4.78, 5) is 9.94. The molecular weight excluding hydrogens is 136 g/mol. The van der Waals surface area contributed by atoms with Crippen LogP contribution in [-0.2, 0) is 4.79 Å². The minimum Gasteiger partial charge on any atom is -0.328 e. The molecule has 0 bridgehead atoms. The molecule has 3 N–H and O–H groups in total. The fraction of sp³-hybridized carbons (Fsp3) is 0.800. The predicted molar refractivity (Wildman–Crippen MR) is 38.3 cm³/mol. The van der Waals surface area contributed by atoms with Crippen molar-refractivity contribution in [2.45, 2.75) is 4.87 Å². The van der Waals surface area contributed by atoms with E-state index in [9.17, 15) is 4.79 Å². The maximum atomic E-state index is 10.4. The number of hydrogen-bond donors (Lipinski definition) is 2. The Morgan fingerprint density at radius 3 is 2.89 bits per heavy atom. The van der Waals surface area contributed by atoms with Crippen molar-refractivity contribution in [3.05, 3.63) is 0 Å². The highest BCUT2D eigenvalue weighted by Gasteiger charge is 2.31. The highest BCUT2D eigenvalue weighted by Crippen LogP contribution is 2.23. The van der Waals surface area contributed by atoms with E-state index in [1.54, 1.807) is 11.8 Å². The van der Waals surface area contributed by atoms with Crippen molar-refractivity contribution in [3.8, 4) is 0 Å². The molecule has 4 heteroatoms. The second-order valence-corrected chi connectivity index (χ2v) is 3.41. The monoisotopic (exact) mass is 146 g/mol. The third-order valence-corrected chi connectivity index (χ3v) is 2.71. The van der Waals surface area contributed by atoms with Gasteiger partial charge in [-0.05, 0) is 0 Å². The molecule has 1 unspecified atom stereocenters. The van der Waals surface area contributed by atoms with Crippen LogP contribution in [0.4, 0.5) is 0 Å². The van der Waals surface area contributed by atoms with Crippen LogP contribution < -0.4 is 11.1 Å². The molecule has 52 valence electrons. The van der Waals surface area contributed by atoms with Crippen LogP contribution in [0.2, 0.25) is 0 Å². The molecule has 1 saturated heterocycles. The molecule has 1 fully saturated rings. The number of aldehydes is 1. The van der Waals surface area contributed by atoms with Gasteiger partial charge in [0.2, 0.25) is 0 Å². The molecule has 0 radical (unpaired) electrons. The van der Waals surface area contributed by atoms with E-state index in [2.05, 4.69) is 5.32 Å². The van der Waals surface area contributed by atoms with Gasteiger partial charge in [0.25, 0.3) is 0 Å². The number of nitrogens with one attached hydrogen (secondary N) is 1. The maximum absolute atomic E-state index is 10.4. The molecule has 1 heterocycles. The molecule has 0 amide bonds. The first-order chi connectivity index (χ1) is 4.33. The Kier molecular flexibility index (Phi) is 2.10. The van der Waals surface area contributed by atoms with E-state index in [-0.39, 0.29) is 0 Å². The molecule has 0 aromatic carbocycles. The quantitative estimate of drug-likeness (QED) is 0.500. The average molecular weight is 146 g/mol. The van der Waals surface area contributed by atoms with Gasteiger partial charge in [-0.3, -0.25) is 5.32 Å². The zero-order chi connectivity index (χ0) is 6.74. The van der Waals surface area contributed by atoms with Crippen molar-refractivity contribution >= 4 is 18.0 Å². The molecular formula is C5H10N2OS. The normalized spacial score (nSPS) is 34.8. The van der Waals surface area contributed by atoms with E-state index in [1.165, 1.54) is 0 Å². The molecule has 1 aliphatic rings. The van der Waals surface area contributed by atoms with Crippen LogP contribution in [-0.4, -0.2) is 30.0 Å². The van der Waals surface area contributed by atoms with Crippen LogP contribution >= 0.6 is 11.8 Å². The van der Waals surface area contributed by atoms with E-state index >= 15 is 0 Å². The van der Waals surface area contributed by atoms with E-state index in [0.29, 0.717) is 6.54 Å². The summed E-state index contributed by atoms with van der Waals surface area (Å²) < 4.78 is 0. The Bertz CT molecular complexity index is 112. The molecule has 0 aromatic heterocycles. The van der Waals surface area contributed by atoms with Crippen molar-refractivity contribution in [2.75, 3.05) is 18.8 Å². The molecule has 0 aromatic rings. The zero-order valence-electron chi connectivity index (χ0n) is 5.09. The topological polar surface area (TPSA) is 55.1 Å². The second-order valence-electron chi connectivity index (χ2n) is 1.99. The Hall–Kier alpha value is -0.0600. The maximum Gasteiger partial charge on any atom is 0.151 e. The second kappa shape index (κ2) is 2.68. The number of carbonyl (C=O) groups is 1. The van der Waals surface area contributed by atoms with Crippen LogP contribution in [0.5, 0.6) is 0 Å². The first-order valence-electron chi connectivity index (χ1n) is 2.88. The zero-order valence-corrected chi connectivity index (χ0v) is 5.91. The molecule has 1 aliphatic heterocycles. The van der Waals surface area contributed by atoms with Gasteiger partial charge < -0.3 is 10.5 Å². The smallest absolute Gasteiger partial charge is 0.151 e. The van der Waals surface area contributed by atoms with E-state index in [0.717, 1.165) is 18.6 Å². The van der Waals surface area contributed by atoms with Gasteiger partial charge in [0.15, 0.2) is 6.29 Å². The van der Waals surface area contributed by atoms with Gasteiger partial charge in [-0.2, -0.15) is 0 Å². The predicted octanol–water partition coefficient (Wildman–Crippen LogP) is -0.823. The van der Waals surface area contributed by atoms with Gasteiger partial charge in [0.05, 0.1) is 0 Å². The van der Waals surface area contributed by atoms with Gasteiger partial charge >= 0.3 is 0 Å². The molecule has 0 saturated carbocycles. The van der Waals surface area contributed by atoms with Crippen molar-refractivity contribution in [2.24, 2.45) is 5.73 Å². The third kappa shape index (κ3) is 1.26. The average Bonchev–Trinajstić information content (AvgIpc) is 2.36. The molecule has 0 spiro atoms. The first kappa shape index (κ1) is 7.05. The Morgan fingerprint density at radius 2 is 2.67 bits per heavy atom. The number of nitrogens with two attached hydrogens (primary N) is 1. The van der Waals surface area contributed by atoms with Gasteiger partial charge in [0.1, 0.15) is 4.87 Å². The minimum atomic E-state index is -0.458. The summed E-state index contributed by atoms with van der Waals surface area (Å²) in [6.45, 7) is 1.28. The first-order valence-corrected chi connectivity index (χ1v) is 3.87. The summed E-state index contributed by atoms with van der Waals surface area (Å²) in [5.74, 6) is 0.982. The SMILES string of the molecule is NCC1(C=O)NCCS1. The van der Waals surface area contributed by atoms with E-state index in [4.69, 9.17) is 5.73 Å². The Morgan fingerprint density at radius 1 is 1.89 bits per heavy atom. The molecule has 0 aliphatic carbocycles. The van der Waals surface area contributed by atoms with Crippen LogP contribution in [0.25, 0.3) is 0 Å². The van der Waals surface area contributed by atoms with Gasteiger partial charge in [-0.1, -0.05) is 0 Å². The molecule has 3 nitrogen and oxygen atoms in total. The summed E-state index contributed by atoms with van der Waals surface area (Å²) in [5.41, 5.74) is 5.36. The van der Waals surface area contributed by atoms with Crippen LogP contribution in [0.15, 0.2) is 0 Å². The van der Waals surface area contributed by atoms with Gasteiger partial charge in [-0.25, -0.2) is 0 Å².